The number of hydrogen-bond donors (Lipinski definition) is 0. The Balaban J connectivity index is 1.55. The van der Waals surface area contributed by atoms with Crippen molar-refractivity contribution in [1.29, 1.82) is 0 Å². The highest BCUT2D eigenvalue weighted by molar-refractivity contribution is 5.94. The Hall–Kier alpha value is -3.29. The molecule has 0 N–H and O–H groups in total. The van der Waals surface area contributed by atoms with Gasteiger partial charge in [-0.1, -0.05) is 0 Å². The van der Waals surface area contributed by atoms with Gasteiger partial charge in [0.25, 0.3) is 11.6 Å². The van der Waals surface area contributed by atoms with E-state index in [0.29, 0.717) is 30.5 Å². The molecule has 0 bridgehead atoms. The summed E-state index contributed by atoms with van der Waals surface area (Å²) in [5.74, 6) is -1.50. The van der Waals surface area contributed by atoms with Crippen LogP contribution in [-0.2, 0) is 16.1 Å². The zero-order valence-corrected chi connectivity index (χ0v) is 15.0. The Labute approximate surface area is 160 Å². The number of likely N-dealkylation sites (tertiary alicyclic amines) is 1. The number of rotatable bonds is 5. The molecule has 8 heteroatoms. The Morgan fingerprint density at radius 3 is 2.46 bits per heavy atom. The number of nitrogens with zero attached hydrogens (tertiary/aromatic N) is 2. The molecule has 0 aromatic heterocycles. The van der Waals surface area contributed by atoms with E-state index in [1.165, 1.54) is 48.5 Å². The van der Waals surface area contributed by atoms with Crippen molar-refractivity contribution in [3.63, 3.8) is 0 Å². The number of benzene rings is 2. The molecule has 0 saturated carbocycles. The number of ether oxygens (including phenoxy) is 1. The van der Waals surface area contributed by atoms with Crippen molar-refractivity contribution in [2.24, 2.45) is 5.92 Å². The first-order valence-corrected chi connectivity index (χ1v) is 8.89. The van der Waals surface area contributed by atoms with Gasteiger partial charge < -0.3 is 9.64 Å². The molecule has 1 saturated heterocycles. The molecule has 0 spiro atoms. The van der Waals surface area contributed by atoms with Crippen molar-refractivity contribution >= 4 is 17.6 Å². The largest absolute Gasteiger partial charge is 0.461 e. The summed E-state index contributed by atoms with van der Waals surface area (Å²) in [5, 5.41) is 10.7. The van der Waals surface area contributed by atoms with Crippen LogP contribution in [0.15, 0.2) is 48.5 Å². The topological polar surface area (TPSA) is 89.8 Å². The first-order valence-electron chi connectivity index (χ1n) is 8.89. The Morgan fingerprint density at radius 1 is 1.14 bits per heavy atom. The molecular weight excluding hydrogens is 367 g/mol. The van der Waals surface area contributed by atoms with Crippen LogP contribution in [-0.4, -0.2) is 34.8 Å². The van der Waals surface area contributed by atoms with Crippen LogP contribution < -0.4 is 0 Å². The van der Waals surface area contributed by atoms with Crippen LogP contribution in [0.3, 0.4) is 0 Å². The smallest absolute Gasteiger partial charge is 0.311 e. The van der Waals surface area contributed by atoms with Gasteiger partial charge in [-0.15, -0.1) is 0 Å². The highest BCUT2D eigenvalue weighted by Gasteiger charge is 2.30. The number of nitro benzene ring substituents is 1. The predicted octanol–water partition coefficient (Wildman–Crippen LogP) is 3.33. The quantitative estimate of drug-likeness (QED) is 0.447. The fourth-order valence-corrected chi connectivity index (χ4v) is 3.12. The summed E-state index contributed by atoms with van der Waals surface area (Å²) < 4.78 is 18.3. The number of halogens is 1. The van der Waals surface area contributed by atoms with Crippen molar-refractivity contribution < 1.29 is 23.6 Å². The summed E-state index contributed by atoms with van der Waals surface area (Å²) >= 11 is 0. The Kier molecular flexibility index (Phi) is 5.98. The minimum atomic E-state index is -0.495. The summed E-state index contributed by atoms with van der Waals surface area (Å²) in [6, 6.07) is 11.1. The molecule has 1 amide bonds. The second kappa shape index (κ2) is 8.60. The minimum absolute atomic E-state index is 0.0131. The number of nitro groups is 1. The Bertz CT molecular complexity index is 867. The van der Waals surface area contributed by atoms with Crippen LogP contribution >= 0.6 is 0 Å². The van der Waals surface area contributed by atoms with Crippen molar-refractivity contribution in [3.05, 3.63) is 75.6 Å². The third kappa shape index (κ3) is 4.70. The molecule has 0 radical (unpaired) electrons. The van der Waals surface area contributed by atoms with Crippen molar-refractivity contribution in [2.45, 2.75) is 19.4 Å². The normalized spacial score (nSPS) is 16.5. The molecule has 2 aromatic carbocycles. The van der Waals surface area contributed by atoms with E-state index in [9.17, 15) is 24.1 Å². The van der Waals surface area contributed by atoms with Crippen LogP contribution in [0.4, 0.5) is 10.1 Å². The molecule has 1 fully saturated rings. The Morgan fingerprint density at radius 2 is 1.82 bits per heavy atom. The van der Waals surface area contributed by atoms with Crippen LogP contribution in [0.1, 0.15) is 28.8 Å². The lowest BCUT2D eigenvalue weighted by molar-refractivity contribution is -0.384. The average Bonchev–Trinajstić information content (AvgIpc) is 2.72. The number of carbonyl (C=O) groups is 2. The van der Waals surface area contributed by atoms with Crippen molar-refractivity contribution in [1.82, 2.24) is 4.90 Å². The minimum Gasteiger partial charge on any atom is -0.461 e. The van der Waals surface area contributed by atoms with E-state index in [0.717, 1.165) is 0 Å². The van der Waals surface area contributed by atoms with E-state index in [2.05, 4.69) is 0 Å². The molecule has 1 aliphatic rings. The van der Waals surface area contributed by atoms with E-state index in [-0.39, 0.29) is 24.7 Å². The molecule has 1 unspecified atom stereocenters. The van der Waals surface area contributed by atoms with Gasteiger partial charge in [0.05, 0.1) is 10.8 Å². The maximum atomic E-state index is 13.0. The van der Waals surface area contributed by atoms with Gasteiger partial charge in [0.1, 0.15) is 12.4 Å². The van der Waals surface area contributed by atoms with E-state index in [1.807, 2.05) is 0 Å². The van der Waals surface area contributed by atoms with Gasteiger partial charge in [0.2, 0.25) is 0 Å². The number of esters is 1. The third-order valence-electron chi connectivity index (χ3n) is 4.66. The first kappa shape index (κ1) is 19.5. The van der Waals surface area contributed by atoms with Gasteiger partial charge in [0, 0.05) is 30.8 Å². The summed E-state index contributed by atoms with van der Waals surface area (Å²) in [5.41, 5.74) is 0.993. The number of piperidine rings is 1. The summed E-state index contributed by atoms with van der Waals surface area (Å²) in [7, 11) is 0. The van der Waals surface area contributed by atoms with Crippen LogP contribution in [0.5, 0.6) is 0 Å². The maximum absolute atomic E-state index is 13.0. The molecule has 3 rings (SSSR count). The molecule has 1 aliphatic heterocycles. The maximum Gasteiger partial charge on any atom is 0.311 e. The van der Waals surface area contributed by atoms with Gasteiger partial charge in [-0.25, -0.2) is 4.39 Å². The predicted molar refractivity (Wildman–Crippen MR) is 97.9 cm³/mol. The molecule has 146 valence electrons. The van der Waals surface area contributed by atoms with Gasteiger partial charge in [0.15, 0.2) is 0 Å². The molecule has 28 heavy (non-hydrogen) atoms. The molecule has 2 aromatic rings. The van der Waals surface area contributed by atoms with Gasteiger partial charge in [-0.2, -0.15) is 0 Å². The fourth-order valence-electron chi connectivity index (χ4n) is 3.12. The standard InChI is InChI=1S/C20H19FN2O5/c21-17-7-5-15(6-8-17)19(24)22-11-1-2-16(12-22)20(25)28-13-14-3-9-18(10-4-14)23(26)27/h3-10,16H,1-2,11-13H2. The number of hydrogen-bond acceptors (Lipinski definition) is 5. The monoisotopic (exact) mass is 386 g/mol. The van der Waals surface area contributed by atoms with E-state index in [1.54, 1.807) is 4.90 Å². The van der Waals surface area contributed by atoms with Crippen molar-refractivity contribution in [3.8, 4) is 0 Å². The lowest BCUT2D eigenvalue weighted by Gasteiger charge is -2.31. The molecule has 1 heterocycles. The first-order chi connectivity index (χ1) is 13.4. The SMILES string of the molecule is O=C(OCc1ccc([N+](=O)[O-])cc1)C1CCCN(C(=O)c2ccc(F)cc2)C1. The van der Waals surface area contributed by atoms with E-state index >= 15 is 0 Å². The van der Waals surface area contributed by atoms with Crippen LogP contribution in [0, 0.1) is 21.8 Å². The molecule has 1 atom stereocenters. The summed E-state index contributed by atoms with van der Waals surface area (Å²) in [6.07, 6.45) is 1.29. The molecular formula is C20H19FN2O5. The van der Waals surface area contributed by atoms with E-state index in [4.69, 9.17) is 4.74 Å². The van der Waals surface area contributed by atoms with Gasteiger partial charge >= 0.3 is 5.97 Å². The van der Waals surface area contributed by atoms with Crippen LogP contribution in [0.25, 0.3) is 0 Å². The van der Waals surface area contributed by atoms with Gasteiger partial charge in [-0.05, 0) is 54.8 Å². The summed E-state index contributed by atoms with van der Waals surface area (Å²) in [6.45, 7) is 0.789. The average molecular weight is 386 g/mol. The van der Waals surface area contributed by atoms with Crippen molar-refractivity contribution in [2.75, 3.05) is 13.1 Å². The lowest BCUT2D eigenvalue weighted by Crippen LogP contribution is -2.42. The highest BCUT2D eigenvalue weighted by Crippen LogP contribution is 2.21. The number of non-ortho nitro benzene ring substituents is 1. The van der Waals surface area contributed by atoms with Gasteiger partial charge in [-0.3, -0.25) is 19.7 Å². The second-order valence-electron chi connectivity index (χ2n) is 6.63. The fraction of sp³-hybridized carbons (Fsp3) is 0.300. The van der Waals surface area contributed by atoms with E-state index < -0.39 is 22.6 Å². The zero-order valence-electron chi connectivity index (χ0n) is 15.0. The number of amides is 1. The second-order valence-corrected chi connectivity index (χ2v) is 6.63. The molecule has 7 nitrogen and oxygen atoms in total. The molecule has 0 aliphatic carbocycles. The number of carbonyl (C=O) groups excluding carboxylic acids is 2. The zero-order chi connectivity index (χ0) is 20.1. The highest BCUT2D eigenvalue weighted by atomic mass is 19.1. The summed E-state index contributed by atoms with van der Waals surface area (Å²) in [4.78, 5) is 36.7. The third-order valence-corrected chi connectivity index (χ3v) is 4.66. The van der Waals surface area contributed by atoms with Crippen LogP contribution in [0.2, 0.25) is 0 Å². The lowest BCUT2D eigenvalue weighted by atomic mass is 9.97.